The normalized spacial score (nSPS) is 13.0. The van der Waals surface area contributed by atoms with Gasteiger partial charge in [-0.1, -0.05) is 18.2 Å². The molecule has 2 aromatic heterocycles. The molecule has 0 unspecified atom stereocenters. The number of nitrogens with one attached hydrogen (secondary N) is 2. The van der Waals surface area contributed by atoms with Crippen LogP contribution in [0.25, 0.3) is 0 Å². The summed E-state index contributed by atoms with van der Waals surface area (Å²) in [6.07, 6.45) is 4.49. The van der Waals surface area contributed by atoms with Gasteiger partial charge in [0.1, 0.15) is 5.82 Å². The quantitative estimate of drug-likeness (QED) is 0.342. The number of hydrogen-bond donors (Lipinski definition) is 5. The van der Waals surface area contributed by atoms with Crippen molar-refractivity contribution < 1.29 is 0 Å². The van der Waals surface area contributed by atoms with Crippen LogP contribution in [0.5, 0.6) is 0 Å². The van der Waals surface area contributed by atoms with E-state index < -0.39 is 0 Å². The number of hydrazine groups is 1. The summed E-state index contributed by atoms with van der Waals surface area (Å²) in [6.45, 7) is 2.63. The highest BCUT2D eigenvalue weighted by atomic mass is 15.3. The molecule has 0 aliphatic carbocycles. The fraction of sp³-hybridized carbons (Fsp3) is 0.222. The second kappa shape index (κ2) is 6.66. The van der Waals surface area contributed by atoms with Gasteiger partial charge in [-0.25, -0.2) is 10.8 Å². The van der Waals surface area contributed by atoms with Gasteiger partial charge in [0, 0.05) is 25.7 Å². The Morgan fingerprint density at radius 2 is 1.96 bits per heavy atom. The van der Waals surface area contributed by atoms with Crippen molar-refractivity contribution in [2.24, 2.45) is 5.84 Å². The molecule has 1 aliphatic rings. The highest BCUT2D eigenvalue weighted by Gasteiger charge is 2.12. The Labute approximate surface area is 151 Å². The lowest BCUT2D eigenvalue weighted by molar-refractivity contribution is 0.685. The highest BCUT2D eigenvalue weighted by molar-refractivity contribution is 5.68. The first-order valence-electron chi connectivity index (χ1n) is 8.46. The van der Waals surface area contributed by atoms with Crippen LogP contribution < -0.4 is 28.1 Å². The third kappa shape index (κ3) is 3.19. The van der Waals surface area contributed by atoms with E-state index in [1.54, 1.807) is 6.07 Å². The van der Waals surface area contributed by atoms with E-state index in [1.165, 1.54) is 16.7 Å². The number of nitrogens with zero attached hydrogens (tertiary/aromatic N) is 3. The van der Waals surface area contributed by atoms with E-state index in [2.05, 4.69) is 39.0 Å². The largest absolute Gasteiger partial charge is 0.395 e. The van der Waals surface area contributed by atoms with Crippen molar-refractivity contribution in [3.05, 3.63) is 64.5 Å². The third-order valence-corrected chi connectivity index (χ3v) is 4.63. The lowest BCUT2D eigenvalue weighted by Crippen LogP contribution is -2.13. The van der Waals surface area contributed by atoms with Crippen LogP contribution in [-0.4, -0.2) is 14.8 Å². The van der Waals surface area contributed by atoms with Crippen LogP contribution in [0.4, 0.5) is 17.3 Å². The molecule has 26 heavy (non-hydrogen) atoms. The number of fused-ring (bicyclic) bond motifs is 1. The number of nitrogen functional groups attached to an aromatic ring is 3. The maximum atomic E-state index is 6.10. The summed E-state index contributed by atoms with van der Waals surface area (Å²) in [7, 11) is 0. The predicted molar refractivity (Wildman–Crippen MR) is 102 cm³/mol. The van der Waals surface area contributed by atoms with E-state index in [9.17, 15) is 0 Å². The molecule has 0 spiro atoms. The molecular formula is C18H22N8. The lowest BCUT2D eigenvalue weighted by atomic mass is 10.1. The van der Waals surface area contributed by atoms with Gasteiger partial charge in [-0.15, -0.1) is 0 Å². The summed E-state index contributed by atoms with van der Waals surface area (Å²) in [4.78, 5) is 4.07. The minimum atomic E-state index is 0.376. The zero-order valence-corrected chi connectivity index (χ0v) is 14.4. The molecule has 1 aliphatic heterocycles. The smallest absolute Gasteiger partial charge is 0.165 e. The summed E-state index contributed by atoms with van der Waals surface area (Å²) in [5.74, 6) is 6.21. The van der Waals surface area contributed by atoms with Gasteiger partial charge >= 0.3 is 0 Å². The minimum absolute atomic E-state index is 0.376. The molecule has 0 saturated heterocycles. The maximum Gasteiger partial charge on any atom is 0.165 e. The van der Waals surface area contributed by atoms with Crippen LogP contribution in [0, 0.1) is 0 Å². The van der Waals surface area contributed by atoms with Gasteiger partial charge in [-0.2, -0.15) is 5.10 Å². The van der Waals surface area contributed by atoms with Crippen molar-refractivity contribution in [1.82, 2.24) is 20.1 Å². The Hall–Kier alpha value is -3.10. The Kier molecular flexibility index (Phi) is 4.19. The first kappa shape index (κ1) is 16.4. The van der Waals surface area contributed by atoms with Crippen molar-refractivity contribution in [1.29, 1.82) is 0 Å². The molecule has 0 amide bonds. The zero-order chi connectivity index (χ0) is 18.1. The predicted octanol–water partition coefficient (Wildman–Crippen LogP) is 0.970. The zero-order valence-electron chi connectivity index (χ0n) is 14.4. The van der Waals surface area contributed by atoms with Crippen molar-refractivity contribution in [3.8, 4) is 0 Å². The topological polar surface area (TPSA) is 133 Å². The molecule has 3 aromatic rings. The van der Waals surface area contributed by atoms with E-state index in [4.69, 9.17) is 17.3 Å². The molecule has 8 N–H and O–H groups in total. The maximum absolute atomic E-state index is 6.10. The molecule has 8 nitrogen and oxygen atoms in total. The van der Waals surface area contributed by atoms with Gasteiger partial charge in [0.2, 0.25) is 0 Å². The van der Waals surface area contributed by atoms with Gasteiger partial charge in [0.15, 0.2) is 5.82 Å². The van der Waals surface area contributed by atoms with E-state index in [0.717, 1.165) is 30.8 Å². The summed E-state index contributed by atoms with van der Waals surface area (Å²) in [6, 6.07) is 8.36. The second-order valence-electron chi connectivity index (χ2n) is 6.54. The first-order valence-corrected chi connectivity index (χ1v) is 8.46. The standard InChI is InChI=1S/C18H22N8/c19-16-5-14(17(20)18(24-16)25-21)4-12-6-23-26(10-12)9-11-1-2-13-7-22-8-15(13)3-11/h1-3,5-6,10,22H,4,7-9,20-21H2,(H3,19,24,25). The number of benzene rings is 1. The average molecular weight is 350 g/mol. The van der Waals surface area contributed by atoms with Gasteiger partial charge in [-0.3, -0.25) is 4.68 Å². The number of nitrogens with two attached hydrogens (primary N) is 3. The molecule has 3 heterocycles. The lowest BCUT2D eigenvalue weighted by Gasteiger charge is -2.10. The van der Waals surface area contributed by atoms with Crippen LogP contribution in [0.2, 0.25) is 0 Å². The van der Waals surface area contributed by atoms with Gasteiger partial charge in [0.25, 0.3) is 0 Å². The third-order valence-electron chi connectivity index (χ3n) is 4.63. The first-order chi connectivity index (χ1) is 12.6. The Balaban J connectivity index is 1.51. The van der Waals surface area contributed by atoms with E-state index >= 15 is 0 Å². The fourth-order valence-corrected chi connectivity index (χ4v) is 3.32. The highest BCUT2D eigenvalue weighted by Crippen LogP contribution is 2.25. The second-order valence-corrected chi connectivity index (χ2v) is 6.54. The summed E-state index contributed by atoms with van der Waals surface area (Å²) in [5, 5.41) is 7.83. The average Bonchev–Trinajstić information content (AvgIpc) is 3.26. The number of anilines is 3. The molecule has 0 saturated carbocycles. The van der Waals surface area contributed by atoms with Crippen molar-refractivity contribution in [2.75, 3.05) is 16.9 Å². The Morgan fingerprint density at radius 1 is 1.12 bits per heavy atom. The molecule has 1 aromatic carbocycles. The number of pyridine rings is 1. The van der Waals surface area contributed by atoms with E-state index in [1.807, 2.05) is 17.1 Å². The van der Waals surface area contributed by atoms with Crippen LogP contribution in [0.15, 0.2) is 36.7 Å². The number of hydrogen-bond acceptors (Lipinski definition) is 7. The molecule has 0 atom stereocenters. The summed E-state index contributed by atoms with van der Waals surface area (Å²) in [5.41, 5.74) is 20.8. The molecule has 8 heteroatoms. The van der Waals surface area contributed by atoms with Gasteiger partial charge in [-0.05, 0) is 33.9 Å². The SMILES string of the molecule is NNc1nc(N)cc(Cc2cnn(Cc3ccc4c(c3)CNC4)c2)c1N. The van der Waals surface area contributed by atoms with Gasteiger partial charge < -0.3 is 22.2 Å². The summed E-state index contributed by atoms with van der Waals surface area (Å²) >= 11 is 0. The minimum Gasteiger partial charge on any atom is -0.395 e. The van der Waals surface area contributed by atoms with Crippen LogP contribution >= 0.6 is 0 Å². The molecule has 0 radical (unpaired) electrons. The van der Waals surface area contributed by atoms with Crippen LogP contribution in [0.3, 0.4) is 0 Å². The van der Waals surface area contributed by atoms with Crippen LogP contribution in [-0.2, 0) is 26.1 Å². The fourth-order valence-electron chi connectivity index (χ4n) is 3.32. The molecule has 0 fully saturated rings. The van der Waals surface area contributed by atoms with Gasteiger partial charge in [0.05, 0.1) is 18.4 Å². The molecule has 0 bridgehead atoms. The van der Waals surface area contributed by atoms with E-state index in [-0.39, 0.29) is 0 Å². The van der Waals surface area contributed by atoms with Crippen molar-refractivity contribution in [3.63, 3.8) is 0 Å². The van der Waals surface area contributed by atoms with E-state index in [0.29, 0.717) is 23.7 Å². The van der Waals surface area contributed by atoms with Crippen molar-refractivity contribution >= 4 is 17.3 Å². The summed E-state index contributed by atoms with van der Waals surface area (Å²) < 4.78 is 1.93. The molecular weight excluding hydrogens is 328 g/mol. The Morgan fingerprint density at radius 3 is 2.81 bits per heavy atom. The number of aromatic nitrogens is 3. The van der Waals surface area contributed by atoms with Crippen LogP contribution in [0.1, 0.15) is 27.8 Å². The molecule has 134 valence electrons. The van der Waals surface area contributed by atoms with Crippen molar-refractivity contribution in [2.45, 2.75) is 26.1 Å². The molecule has 4 rings (SSSR count). The monoisotopic (exact) mass is 350 g/mol. The number of rotatable bonds is 5. The Bertz CT molecular complexity index is 946.